The second-order valence-electron chi connectivity index (χ2n) is 22.2. The fraction of sp³-hybridized carbons (Fsp3) is 0.0952. The van der Waals surface area contributed by atoms with Crippen LogP contribution in [0.15, 0.2) is 284 Å². The maximum Gasteiger partial charge on any atom is 1.00 e. The number of anilines is 3. The number of nitrogens with two attached hydrogens (primary N) is 1. The second kappa shape index (κ2) is 61.1. The van der Waals surface area contributed by atoms with E-state index >= 15 is 0 Å². The maximum atomic E-state index is 14.0. The van der Waals surface area contributed by atoms with Crippen LogP contribution in [0, 0.1) is 55.1 Å². The average Bonchev–Trinajstić information content (AvgIpc) is 0.562. The van der Waals surface area contributed by atoms with Gasteiger partial charge in [0.15, 0.2) is 17.2 Å². The van der Waals surface area contributed by atoms with Crippen LogP contribution < -0.4 is 182 Å². The number of hydrogen-bond acceptors (Lipinski definition) is 19. The Hall–Kier alpha value is -9.22. The van der Waals surface area contributed by atoms with Crippen LogP contribution in [0.2, 0.25) is 0 Å². The number of methoxy groups -OCH3 is 2. The molecule has 12 aromatic rings. The van der Waals surface area contributed by atoms with Crippen molar-refractivity contribution in [2.24, 2.45) is 0 Å². The Morgan fingerprint density at radius 3 is 1.27 bits per heavy atom. The molecule has 23 nitrogen and oxygen atoms in total. The van der Waals surface area contributed by atoms with E-state index in [1.54, 1.807) is 98.1 Å². The molecule has 0 saturated carbocycles. The number of nitro benzene ring substituents is 2. The number of rotatable bonds is 18. The van der Waals surface area contributed by atoms with E-state index in [-0.39, 0.29) is 196 Å². The maximum absolute atomic E-state index is 14.0. The van der Waals surface area contributed by atoms with Gasteiger partial charge in [-0.15, -0.1) is 0 Å². The Kier molecular flexibility index (Phi) is 56.4. The summed E-state index contributed by atoms with van der Waals surface area (Å²) in [6, 6.07) is 72.5. The number of phenolic OH excluding ortho intramolecular Hbond substituents is 2. The average molecular weight is 1850 g/mol. The van der Waals surface area contributed by atoms with Crippen LogP contribution in [0.1, 0.15) is 42.2 Å². The standard InChI is InChI=1S/C22H20FNO4.C14H12FNO2.C12H8FNO3.C12H10FNO.C8H8Br2O.C6H3F2NO2.C6H6O.C2H3ClO.CH2O3.CH4.2K.Na.2H/c1-15(25)24(14-16-12-19(27-2)9-10-21(16)26)20-13-17(23)8-11-22(20)28-18-6-4-3-5-7-18;1-10(17)16-13-9-11(15)7-8-14(13)18-12-5-3-2-4-6-12;13-9-6-7-12(11(8-9)14(15)16)17-10-4-2-1-3-5-10;13-9-6-7-12(11(14)8-9)15-10-4-2-1-3-5-10;1-11-7-2-3-8(10)6(4-7)5-9;7-4-1-2-5(8)6(3-4)9(10)11;7-6-4-2-1-3-5-6;1-2(3)4;2-1-4-3;;;;;;/h3-13,26H,14H2,1-2H3;2-9H,1H3,(H,16,17);1-8H;1-8H,14H2;2-4H,5H2,1H3;1-3H;1-5,7H;1H3;1,3H;1H4;;;;;/q;;;;;;;;;;3*+1;2*-1/p-1. The zero-order chi connectivity index (χ0) is 84.8. The number of aromatic hydroxyl groups is 2. The Morgan fingerprint density at radius 1 is 0.513 bits per heavy atom. The van der Waals surface area contributed by atoms with Crippen molar-refractivity contribution in [3.05, 3.63) is 350 Å². The Morgan fingerprint density at radius 2 is 0.874 bits per heavy atom. The Bertz CT molecular complexity index is 5090. The van der Waals surface area contributed by atoms with Gasteiger partial charge in [-0.1, -0.05) is 130 Å². The van der Waals surface area contributed by atoms with Crippen molar-refractivity contribution in [2.75, 3.05) is 30.2 Å². The van der Waals surface area contributed by atoms with Crippen LogP contribution in [0.3, 0.4) is 0 Å². The van der Waals surface area contributed by atoms with Crippen LogP contribution in [0.5, 0.6) is 69.0 Å². The van der Waals surface area contributed by atoms with Gasteiger partial charge in [0, 0.05) is 54.3 Å². The molecule has 0 unspecified atom stereocenters. The van der Waals surface area contributed by atoms with Gasteiger partial charge in [-0.25, -0.2) is 22.0 Å². The summed E-state index contributed by atoms with van der Waals surface area (Å²) in [5.41, 5.74) is 6.89. The summed E-state index contributed by atoms with van der Waals surface area (Å²) in [6.07, 6.45) is 0. The van der Waals surface area contributed by atoms with E-state index in [2.05, 4.69) is 53.7 Å². The summed E-state index contributed by atoms with van der Waals surface area (Å²) >= 11 is 11.5. The van der Waals surface area contributed by atoms with Gasteiger partial charge < -0.3 is 67.6 Å². The molecule has 119 heavy (non-hydrogen) atoms. The molecule has 0 atom stereocenters. The van der Waals surface area contributed by atoms with Gasteiger partial charge in [-0.05, 0) is 175 Å². The van der Waals surface area contributed by atoms with E-state index in [0.29, 0.717) is 80.8 Å². The van der Waals surface area contributed by atoms with Crippen molar-refractivity contribution in [1.82, 2.24) is 0 Å². The smallest absolute Gasteiger partial charge is 1.00 e. The monoisotopic (exact) mass is 1850 g/mol. The summed E-state index contributed by atoms with van der Waals surface area (Å²) in [4.78, 5) is 64.3. The molecular formula is C84H77Br2ClF6K2N5NaO18. The number of alkyl halides is 1. The fourth-order valence-corrected chi connectivity index (χ4v) is 9.87. The molecule has 12 rings (SSSR count). The number of ether oxygens (including phenoxy) is 6. The summed E-state index contributed by atoms with van der Waals surface area (Å²) < 4.78 is 111. The topological polar surface area (TPSA) is 324 Å². The van der Waals surface area contributed by atoms with E-state index < -0.39 is 50.3 Å². The van der Waals surface area contributed by atoms with Gasteiger partial charge in [-0.2, -0.15) is 4.39 Å². The molecule has 0 heterocycles. The zero-order valence-electron chi connectivity index (χ0n) is 66.3. The number of nitro groups is 2. The third kappa shape index (κ3) is 43.5. The largest absolute Gasteiger partial charge is 1.00 e. The van der Waals surface area contributed by atoms with Gasteiger partial charge in [-0.3, -0.25) is 39.4 Å². The van der Waals surface area contributed by atoms with Gasteiger partial charge in [0.1, 0.15) is 75.1 Å². The number of carbonyl (C=O) groups is 4. The molecular weight excluding hydrogens is 1780 g/mol. The van der Waals surface area contributed by atoms with Crippen molar-refractivity contribution >= 4 is 95.4 Å². The summed E-state index contributed by atoms with van der Waals surface area (Å²) in [7, 11) is 3.18. The Balaban J connectivity index is -0.00000135. The minimum Gasteiger partial charge on any atom is -1.00 e. The number of carbonyl (C=O) groups excluding carboxylic acids is 4. The minimum atomic E-state index is -1.03. The molecule has 35 heteroatoms. The summed E-state index contributed by atoms with van der Waals surface area (Å²) in [5.74, 6) is 0.847. The molecule has 0 aromatic heterocycles. The molecule has 0 spiro atoms. The van der Waals surface area contributed by atoms with Gasteiger partial charge in [0.2, 0.25) is 28.6 Å². The van der Waals surface area contributed by atoms with E-state index in [1.807, 2.05) is 91.0 Å². The van der Waals surface area contributed by atoms with E-state index in [0.717, 1.165) is 33.8 Å². The number of nitrogens with zero attached hydrogens (tertiary/aromatic N) is 3. The number of phenols is 2. The molecule has 612 valence electrons. The molecule has 0 aliphatic heterocycles. The van der Waals surface area contributed by atoms with Crippen molar-refractivity contribution in [1.29, 1.82) is 0 Å². The molecule has 0 aliphatic rings. The molecule has 12 aromatic carbocycles. The number of hydrogen-bond donors (Lipinski definition) is 4. The number of nitrogens with one attached hydrogen (secondary N) is 1. The van der Waals surface area contributed by atoms with Crippen LogP contribution in [0.25, 0.3) is 0 Å². The quantitative estimate of drug-likeness (QED) is 0.00713. The SMILES string of the molecule is C.CC(=O)Cl.CC(=O)Nc1cc(F)ccc1Oc1ccccc1.COc1ccc(Br)c(CBr)c1.COc1ccc(O)c(CN(C(C)=O)c2cc(F)ccc2Oc2ccccc2)c1.Nc1cc(F)ccc1Oc1ccccc1.O=CO[O-].O=[N+]([O-])c1cc(F)ccc1F.O=[N+]([O-])c1cc(F)ccc1Oc1ccccc1.Oc1ccccc1.[H-].[H-].[K+].[K+].[Na+]. The first kappa shape index (κ1) is 110. The summed E-state index contributed by atoms with van der Waals surface area (Å²) in [5, 5.41) is 50.9. The summed E-state index contributed by atoms with van der Waals surface area (Å²) in [6.45, 7) is 3.86. The number of benzene rings is 12. The number of amides is 2. The molecule has 0 saturated heterocycles. The molecule has 5 N–H and O–H groups in total. The van der Waals surface area contributed by atoms with Crippen LogP contribution in [0.4, 0.5) is 54.8 Å². The van der Waals surface area contributed by atoms with Crippen molar-refractivity contribution in [3.8, 4) is 69.0 Å². The number of nitrogen functional groups attached to an aromatic ring is 1. The third-order valence-corrected chi connectivity index (χ3v) is 15.1. The van der Waals surface area contributed by atoms with Crippen molar-refractivity contribution in [3.63, 3.8) is 0 Å². The zero-order valence-corrected chi connectivity index (χ0v) is 76.5. The van der Waals surface area contributed by atoms with Gasteiger partial charge in [0.25, 0.3) is 6.47 Å². The van der Waals surface area contributed by atoms with Gasteiger partial charge in [0.05, 0.1) is 59.8 Å². The van der Waals surface area contributed by atoms with Crippen molar-refractivity contribution < 1.29 is 239 Å². The number of para-hydroxylation sites is 5. The van der Waals surface area contributed by atoms with Crippen molar-refractivity contribution in [2.45, 2.75) is 40.1 Å². The van der Waals surface area contributed by atoms with Gasteiger partial charge >= 0.3 is 144 Å². The van der Waals surface area contributed by atoms with Crippen LogP contribution >= 0.6 is 43.5 Å². The molecule has 0 bridgehead atoms. The normalized spacial score (nSPS) is 9.30. The Labute approximate surface area is 813 Å². The first-order valence-electron chi connectivity index (χ1n) is 33.0. The molecule has 0 fully saturated rings. The van der Waals surface area contributed by atoms with E-state index in [9.17, 15) is 66.1 Å². The predicted octanol–water partition coefficient (Wildman–Crippen LogP) is 12.9. The van der Waals surface area contributed by atoms with Crippen LogP contribution in [-0.4, -0.2) is 57.8 Å². The van der Waals surface area contributed by atoms with E-state index in [4.69, 9.17) is 49.3 Å². The molecule has 0 radical (unpaired) electrons. The predicted molar refractivity (Wildman–Crippen MR) is 436 cm³/mol. The van der Waals surface area contributed by atoms with E-state index in [1.165, 1.54) is 105 Å². The fourth-order valence-electron chi connectivity index (χ4n) is 8.65. The second-order valence-corrected chi connectivity index (χ2v) is 24.1. The first-order chi connectivity index (χ1) is 55.0. The molecule has 2 amide bonds. The minimum absolute atomic E-state index is 0. The van der Waals surface area contributed by atoms with Crippen LogP contribution in [-0.2, 0) is 35.9 Å². The molecule has 0 aliphatic carbocycles. The first-order valence-corrected chi connectivity index (χ1v) is 35.3. The number of halogens is 9. The third-order valence-electron chi connectivity index (χ3n) is 13.7.